The maximum atomic E-state index is 12.0. The molecule has 1 aliphatic rings. The van der Waals surface area contributed by atoms with Crippen LogP contribution in [0, 0.1) is 0 Å². The van der Waals surface area contributed by atoms with Gasteiger partial charge in [0.15, 0.2) is 0 Å². The van der Waals surface area contributed by atoms with Gasteiger partial charge >= 0.3 is 5.97 Å². The fourth-order valence-corrected chi connectivity index (χ4v) is 2.36. The molecule has 0 N–H and O–H groups in total. The number of rotatable bonds is 3. The van der Waals surface area contributed by atoms with E-state index in [1.165, 1.54) is 0 Å². The average Bonchev–Trinajstić information content (AvgIpc) is 2.75. The summed E-state index contributed by atoms with van der Waals surface area (Å²) in [5, 5.41) is 0. The van der Waals surface area contributed by atoms with E-state index in [1.54, 1.807) is 13.0 Å². The number of hydrogen-bond acceptors (Lipinski definition) is 3. The van der Waals surface area contributed by atoms with Crippen LogP contribution in [0.5, 0.6) is 5.75 Å². The lowest BCUT2D eigenvalue weighted by atomic mass is 9.97. The molecule has 110 valence electrons. The summed E-state index contributed by atoms with van der Waals surface area (Å²) in [6.45, 7) is 2.09. The quantitative estimate of drug-likeness (QED) is 0.803. The minimum absolute atomic E-state index is 0.195. The summed E-state index contributed by atoms with van der Waals surface area (Å²) in [6, 6.07) is 17.7. The Morgan fingerprint density at radius 2 is 1.73 bits per heavy atom. The maximum Gasteiger partial charge on any atom is 0.374 e. The van der Waals surface area contributed by atoms with Crippen LogP contribution in [-0.2, 0) is 9.53 Å². The number of hydrogen-bond donors (Lipinski definition) is 0. The molecule has 1 heterocycles. The summed E-state index contributed by atoms with van der Waals surface area (Å²) >= 11 is 0. The van der Waals surface area contributed by atoms with Crippen molar-refractivity contribution in [2.45, 2.75) is 6.92 Å². The SMILES string of the molecule is CCOC(=O)C1=CC=C(c2ccccc2)c2ccccc2O1. The zero-order valence-corrected chi connectivity index (χ0v) is 12.3. The van der Waals surface area contributed by atoms with E-state index in [4.69, 9.17) is 9.47 Å². The van der Waals surface area contributed by atoms with Crippen LogP contribution in [0.1, 0.15) is 18.1 Å². The molecule has 0 spiro atoms. The van der Waals surface area contributed by atoms with Gasteiger partial charge in [-0.15, -0.1) is 0 Å². The predicted octanol–water partition coefficient (Wildman–Crippen LogP) is 3.96. The molecule has 0 bridgehead atoms. The highest BCUT2D eigenvalue weighted by Crippen LogP contribution is 2.34. The van der Waals surface area contributed by atoms with E-state index in [-0.39, 0.29) is 5.76 Å². The standard InChI is InChI=1S/C19H16O3/c1-2-21-19(20)18-13-12-15(14-8-4-3-5-9-14)16-10-6-7-11-17(16)22-18/h3-13H,2H2,1H3. The lowest BCUT2D eigenvalue weighted by molar-refractivity contribution is -0.141. The Kier molecular flexibility index (Phi) is 4.05. The van der Waals surface area contributed by atoms with E-state index in [0.717, 1.165) is 16.7 Å². The summed E-state index contributed by atoms with van der Waals surface area (Å²) in [7, 11) is 0. The van der Waals surface area contributed by atoms with Gasteiger partial charge < -0.3 is 9.47 Å². The summed E-state index contributed by atoms with van der Waals surface area (Å²) in [4.78, 5) is 12.0. The molecule has 0 saturated heterocycles. The predicted molar refractivity (Wildman–Crippen MR) is 85.3 cm³/mol. The molecule has 0 amide bonds. The third-order valence-electron chi connectivity index (χ3n) is 3.36. The molecule has 0 aliphatic carbocycles. The van der Waals surface area contributed by atoms with Gasteiger partial charge in [-0.2, -0.15) is 0 Å². The van der Waals surface area contributed by atoms with Crippen molar-refractivity contribution in [3.63, 3.8) is 0 Å². The minimum Gasteiger partial charge on any atom is -0.460 e. The molecule has 22 heavy (non-hydrogen) atoms. The zero-order chi connectivity index (χ0) is 15.4. The van der Waals surface area contributed by atoms with Crippen LogP contribution in [-0.4, -0.2) is 12.6 Å². The van der Waals surface area contributed by atoms with Crippen molar-refractivity contribution in [1.82, 2.24) is 0 Å². The second-order valence-corrected chi connectivity index (χ2v) is 4.80. The number of benzene rings is 2. The second-order valence-electron chi connectivity index (χ2n) is 4.80. The van der Waals surface area contributed by atoms with Crippen molar-refractivity contribution in [2.75, 3.05) is 6.61 Å². The first-order chi connectivity index (χ1) is 10.8. The van der Waals surface area contributed by atoms with E-state index in [1.807, 2.05) is 60.7 Å². The van der Waals surface area contributed by atoms with Gasteiger partial charge in [0.2, 0.25) is 5.76 Å². The first kappa shape index (κ1) is 14.1. The van der Waals surface area contributed by atoms with Crippen LogP contribution < -0.4 is 4.74 Å². The summed E-state index contributed by atoms with van der Waals surface area (Å²) in [5.41, 5.74) is 3.03. The van der Waals surface area contributed by atoms with Crippen molar-refractivity contribution in [2.24, 2.45) is 0 Å². The Hall–Kier alpha value is -2.81. The number of ether oxygens (including phenoxy) is 2. The first-order valence-electron chi connectivity index (χ1n) is 7.21. The van der Waals surface area contributed by atoms with Gasteiger partial charge in [-0.1, -0.05) is 48.5 Å². The second kappa shape index (κ2) is 6.31. The van der Waals surface area contributed by atoms with Crippen LogP contribution in [0.2, 0.25) is 0 Å². The molecular formula is C19H16O3. The molecule has 0 saturated carbocycles. The van der Waals surface area contributed by atoms with Crippen LogP contribution in [0.4, 0.5) is 0 Å². The van der Waals surface area contributed by atoms with Gasteiger partial charge in [0.05, 0.1) is 6.61 Å². The van der Waals surface area contributed by atoms with Crippen molar-refractivity contribution in [1.29, 1.82) is 0 Å². The molecule has 1 aliphatic heterocycles. The van der Waals surface area contributed by atoms with E-state index >= 15 is 0 Å². The van der Waals surface area contributed by atoms with Gasteiger partial charge in [-0.25, -0.2) is 4.79 Å². The smallest absolute Gasteiger partial charge is 0.374 e. The fraction of sp³-hybridized carbons (Fsp3) is 0.105. The van der Waals surface area contributed by atoms with Gasteiger partial charge in [0.25, 0.3) is 0 Å². The summed E-state index contributed by atoms with van der Waals surface area (Å²) in [6.07, 6.45) is 3.56. The molecule has 3 nitrogen and oxygen atoms in total. The molecule has 2 aromatic rings. The highest BCUT2D eigenvalue weighted by atomic mass is 16.6. The maximum absolute atomic E-state index is 12.0. The van der Waals surface area contributed by atoms with E-state index in [9.17, 15) is 4.79 Å². The molecule has 0 fully saturated rings. The van der Waals surface area contributed by atoms with Gasteiger partial charge in [-0.05, 0) is 36.3 Å². The molecule has 3 rings (SSSR count). The molecule has 2 aromatic carbocycles. The Morgan fingerprint density at radius 1 is 1.00 bits per heavy atom. The van der Waals surface area contributed by atoms with Crippen LogP contribution >= 0.6 is 0 Å². The van der Waals surface area contributed by atoms with Crippen LogP contribution in [0.3, 0.4) is 0 Å². The van der Waals surface area contributed by atoms with Crippen LogP contribution in [0.25, 0.3) is 5.57 Å². The summed E-state index contributed by atoms with van der Waals surface area (Å²) < 4.78 is 10.8. The van der Waals surface area contributed by atoms with E-state index in [0.29, 0.717) is 12.4 Å². The third-order valence-corrected chi connectivity index (χ3v) is 3.36. The van der Waals surface area contributed by atoms with Crippen molar-refractivity contribution in [3.05, 3.63) is 83.6 Å². The molecule has 0 atom stereocenters. The number of carbonyl (C=O) groups is 1. The third kappa shape index (κ3) is 2.79. The van der Waals surface area contributed by atoms with Crippen LogP contribution in [0.15, 0.2) is 72.5 Å². The first-order valence-corrected chi connectivity index (χ1v) is 7.21. The largest absolute Gasteiger partial charge is 0.460 e. The Bertz CT molecular complexity index is 742. The highest BCUT2D eigenvalue weighted by molar-refractivity contribution is 5.91. The molecular weight excluding hydrogens is 276 g/mol. The average molecular weight is 292 g/mol. The number of para-hydroxylation sites is 1. The van der Waals surface area contributed by atoms with E-state index < -0.39 is 5.97 Å². The van der Waals surface area contributed by atoms with Gasteiger partial charge in [0, 0.05) is 5.56 Å². The van der Waals surface area contributed by atoms with Gasteiger partial charge in [0.1, 0.15) is 5.75 Å². The zero-order valence-electron chi connectivity index (χ0n) is 12.3. The topological polar surface area (TPSA) is 35.5 Å². The molecule has 0 unspecified atom stereocenters. The normalized spacial score (nSPS) is 13.1. The van der Waals surface area contributed by atoms with Crippen molar-refractivity contribution >= 4 is 11.5 Å². The monoisotopic (exact) mass is 292 g/mol. The number of allylic oxidation sites excluding steroid dienone is 2. The fourth-order valence-electron chi connectivity index (χ4n) is 2.36. The lowest BCUT2D eigenvalue weighted by Crippen LogP contribution is -2.12. The number of fused-ring (bicyclic) bond motifs is 1. The van der Waals surface area contributed by atoms with Crippen molar-refractivity contribution < 1.29 is 14.3 Å². The Morgan fingerprint density at radius 3 is 2.50 bits per heavy atom. The van der Waals surface area contributed by atoms with E-state index in [2.05, 4.69) is 0 Å². The number of carbonyl (C=O) groups excluding carboxylic acids is 1. The van der Waals surface area contributed by atoms with Crippen molar-refractivity contribution in [3.8, 4) is 5.75 Å². The summed E-state index contributed by atoms with van der Waals surface area (Å²) in [5.74, 6) is 0.387. The molecule has 3 heteroatoms. The highest BCUT2D eigenvalue weighted by Gasteiger charge is 2.19. The molecule has 0 aromatic heterocycles. The Labute approximate surface area is 129 Å². The minimum atomic E-state index is -0.456. The Balaban J connectivity index is 2.09. The number of esters is 1. The van der Waals surface area contributed by atoms with Gasteiger partial charge in [-0.3, -0.25) is 0 Å². The molecule has 0 radical (unpaired) electrons. The lowest BCUT2D eigenvalue weighted by Gasteiger charge is -2.12.